The number of hydrogen-bond acceptors (Lipinski definition) is 3. The van der Waals surface area contributed by atoms with Crippen LogP contribution in [0.4, 0.5) is 0 Å². The van der Waals surface area contributed by atoms with Gasteiger partial charge in [0.2, 0.25) is 5.91 Å². The molecule has 2 amide bonds. The van der Waals surface area contributed by atoms with Gasteiger partial charge in [0.05, 0.1) is 16.6 Å². The average molecular weight is 344 g/mol. The quantitative estimate of drug-likeness (QED) is 0.876. The number of nitrogens with one attached hydrogen (secondary N) is 1. The molecule has 0 spiro atoms. The number of likely N-dealkylation sites (tertiary alicyclic amines) is 1. The van der Waals surface area contributed by atoms with Crippen molar-refractivity contribution in [1.82, 2.24) is 10.2 Å². The van der Waals surface area contributed by atoms with E-state index in [-0.39, 0.29) is 18.4 Å². The second-order valence-corrected chi connectivity index (χ2v) is 6.19. The molecule has 0 unspecified atom stereocenters. The van der Waals surface area contributed by atoms with Crippen LogP contribution in [0.25, 0.3) is 0 Å². The molecule has 1 saturated heterocycles. The molecule has 120 valence electrons. The minimum Gasteiger partial charge on any atom is -0.343 e. The minimum atomic E-state index is -0.344. The van der Waals surface area contributed by atoms with E-state index in [4.69, 9.17) is 28.9 Å². The lowest BCUT2D eigenvalue weighted by atomic mass is 9.97. The Balaban J connectivity index is 1.83. The molecule has 0 atom stereocenters. The van der Waals surface area contributed by atoms with Gasteiger partial charge in [-0.1, -0.05) is 23.2 Å². The summed E-state index contributed by atoms with van der Waals surface area (Å²) >= 11 is 11.7. The number of carbonyl (C=O) groups excluding carboxylic acids is 2. The molecule has 22 heavy (non-hydrogen) atoms. The molecular weight excluding hydrogens is 325 g/mol. The van der Waals surface area contributed by atoms with Gasteiger partial charge in [0, 0.05) is 18.7 Å². The molecule has 5 nitrogen and oxygen atoms in total. The topological polar surface area (TPSA) is 75.4 Å². The van der Waals surface area contributed by atoms with Crippen molar-refractivity contribution in [3.8, 4) is 0 Å². The molecule has 1 aliphatic heterocycles. The first-order valence-electron chi connectivity index (χ1n) is 7.22. The number of halogens is 2. The highest BCUT2D eigenvalue weighted by Gasteiger charge is 2.22. The number of amides is 2. The van der Waals surface area contributed by atoms with Crippen molar-refractivity contribution in [1.29, 1.82) is 0 Å². The molecule has 2 rings (SSSR count). The largest absolute Gasteiger partial charge is 0.343 e. The Bertz CT molecular complexity index is 558. The van der Waals surface area contributed by atoms with Crippen LogP contribution < -0.4 is 11.1 Å². The van der Waals surface area contributed by atoms with Gasteiger partial charge >= 0.3 is 0 Å². The molecule has 0 bridgehead atoms. The van der Waals surface area contributed by atoms with Gasteiger partial charge in [0.1, 0.15) is 0 Å². The lowest BCUT2D eigenvalue weighted by Crippen LogP contribution is -2.44. The normalized spacial score (nSPS) is 15.7. The van der Waals surface area contributed by atoms with Crippen molar-refractivity contribution in [2.45, 2.75) is 12.8 Å². The van der Waals surface area contributed by atoms with E-state index in [0.29, 0.717) is 41.2 Å². The number of nitrogens with two attached hydrogens (primary N) is 1. The van der Waals surface area contributed by atoms with Crippen LogP contribution in [0.2, 0.25) is 10.0 Å². The summed E-state index contributed by atoms with van der Waals surface area (Å²) in [5.41, 5.74) is 6.01. The van der Waals surface area contributed by atoms with Crippen molar-refractivity contribution >= 4 is 35.0 Å². The van der Waals surface area contributed by atoms with Gasteiger partial charge in [0.25, 0.3) is 5.91 Å². The molecule has 1 aromatic rings. The van der Waals surface area contributed by atoms with Crippen molar-refractivity contribution in [2.24, 2.45) is 11.7 Å². The molecule has 1 fully saturated rings. The maximum atomic E-state index is 12.1. The van der Waals surface area contributed by atoms with Crippen LogP contribution in [0.1, 0.15) is 23.2 Å². The lowest BCUT2D eigenvalue weighted by molar-refractivity contribution is -0.131. The number of nitrogens with zero attached hydrogens (tertiary/aromatic N) is 1. The Morgan fingerprint density at radius 2 is 1.91 bits per heavy atom. The van der Waals surface area contributed by atoms with Gasteiger partial charge in [-0.2, -0.15) is 0 Å². The van der Waals surface area contributed by atoms with Gasteiger partial charge in [-0.3, -0.25) is 9.59 Å². The lowest BCUT2D eigenvalue weighted by Gasteiger charge is -2.31. The Morgan fingerprint density at radius 1 is 1.23 bits per heavy atom. The third-order valence-electron chi connectivity index (χ3n) is 3.88. The van der Waals surface area contributed by atoms with E-state index in [1.807, 2.05) is 0 Å². The highest BCUT2D eigenvalue weighted by molar-refractivity contribution is 6.42. The van der Waals surface area contributed by atoms with E-state index in [2.05, 4.69) is 5.32 Å². The standard InChI is InChI=1S/C15H19Cl2N3O2/c16-12-2-1-11(7-13(12)17)15(22)19-9-14(21)20-5-3-10(8-18)4-6-20/h1-2,7,10H,3-6,8-9,18H2,(H,19,22). The zero-order valence-corrected chi connectivity index (χ0v) is 13.7. The van der Waals surface area contributed by atoms with E-state index in [1.165, 1.54) is 6.07 Å². The first kappa shape index (κ1) is 17.1. The zero-order chi connectivity index (χ0) is 16.1. The summed E-state index contributed by atoms with van der Waals surface area (Å²) in [4.78, 5) is 25.8. The van der Waals surface area contributed by atoms with E-state index in [9.17, 15) is 9.59 Å². The first-order valence-corrected chi connectivity index (χ1v) is 7.98. The van der Waals surface area contributed by atoms with Gasteiger partial charge < -0.3 is 16.0 Å². The molecule has 1 heterocycles. The zero-order valence-electron chi connectivity index (χ0n) is 12.1. The number of piperidine rings is 1. The number of carbonyl (C=O) groups is 2. The summed E-state index contributed by atoms with van der Waals surface area (Å²) in [6.45, 7) is 2.04. The summed E-state index contributed by atoms with van der Waals surface area (Å²) in [6.07, 6.45) is 1.84. The van der Waals surface area contributed by atoms with Crippen molar-refractivity contribution in [3.05, 3.63) is 33.8 Å². The van der Waals surface area contributed by atoms with Crippen molar-refractivity contribution < 1.29 is 9.59 Å². The molecule has 1 aliphatic rings. The third kappa shape index (κ3) is 4.35. The smallest absolute Gasteiger partial charge is 0.251 e. The Morgan fingerprint density at radius 3 is 2.50 bits per heavy atom. The van der Waals surface area contributed by atoms with Crippen molar-refractivity contribution in [3.63, 3.8) is 0 Å². The summed E-state index contributed by atoms with van der Waals surface area (Å²) in [5, 5.41) is 3.31. The molecule has 3 N–H and O–H groups in total. The molecule has 0 aliphatic carbocycles. The SMILES string of the molecule is NCC1CCN(C(=O)CNC(=O)c2ccc(Cl)c(Cl)c2)CC1. The average Bonchev–Trinajstić information content (AvgIpc) is 2.54. The summed E-state index contributed by atoms with van der Waals surface area (Å²) < 4.78 is 0. The van der Waals surface area contributed by atoms with Gasteiger partial charge in [-0.25, -0.2) is 0 Å². The van der Waals surface area contributed by atoms with E-state index < -0.39 is 0 Å². The highest BCUT2D eigenvalue weighted by Crippen LogP contribution is 2.22. The fourth-order valence-corrected chi connectivity index (χ4v) is 2.72. The Labute approximate surface area is 139 Å². The van der Waals surface area contributed by atoms with Gasteiger partial charge in [0.15, 0.2) is 0 Å². The summed E-state index contributed by atoms with van der Waals surface area (Å²) in [7, 11) is 0. The first-order chi connectivity index (χ1) is 10.5. The van der Waals surface area contributed by atoms with E-state index in [1.54, 1.807) is 17.0 Å². The van der Waals surface area contributed by atoms with E-state index >= 15 is 0 Å². The predicted molar refractivity (Wildman–Crippen MR) is 87.2 cm³/mol. The number of benzene rings is 1. The van der Waals surface area contributed by atoms with Crippen LogP contribution in [-0.4, -0.2) is 42.9 Å². The molecule has 7 heteroatoms. The monoisotopic (exact) mass is 343 g/mol. The summed E-state index contributed by atoms with van der Waals surface area (Å²) in [5.74, 6) is 0.0718. The van der Waals surface area contributed by atoms with Crippen LogP contribution in [-0.2, 0) is 4.79 Å². The molecule has 0 aromatic heterocycles. The fraction of sp³-hybridized carbons (Fsp3) is 0.467. The van der Waals surface area contributed by atoms with Crippen LogP contribution in [0.15, 0.2) is 18.2 Å². The van der Waals surface area contributed by atoms with Crippen LogP contribution in [0, 0.1) is 5.92 Å². The Kier molecular flexibility index (Phi) is 6.06. The minimum absolute atomic E-state index is 0.0215. The van der Waals surface area contributed by atoms with Gasteiger partial charge in [-0.05, 0) is 43.5 Å². The van der Waals surface area contributed by atoms with Crippen LogP contribution in [0.5, 0.6) is 0 Å². The Hall–Kier alpha value is -1.30. The summed E-state index contributed by atoms with van der Waals surface area (Å²) in [6, 6.07) is 4.61. The molecule has 0 saturated carbocycles. The van der Waals surface area contributed by atoms with E-state index in [0.717, 1.165) is 12.8 Å². The molecular formula is C15H19Cl2N3O2. The second kappa shape index (κ2) is 7.81. The number of rotatable bonds is 4. The molecule has 0 radical (unpaired) electrons. The third-order valence-corrected chi connectivity index (χ3v) is 4.62. The van der Waals surface area contributed by atoms with Crippen molar-refractivity contribution in [2.75, 3.05) is 26.2 Å². The van der Waals surface area contributed by atoms with Crippen LogP contribution >= 0.6 is 23.2 Å². The maximum Gasteiger partial charge on any atom is 0.251 e. The fourth-order valence-electron chi connectivity index (χ4n) is 2.43. The number of hydrogen-bond donors (Lipinski definition) is 2. The molecule has 1 aromatic carbocycles. The maximum absolute atomic E-state index is 12.1. The van der Waals surface area contributed by atoms with Gasteiger partial charge in [-0.15, -0.1) is 0 Å². The second-order valence-electron chi connectivity index (χ2n) is 5.37. The highest BCUT2D eigenvalue weighted by atomic mass is 35.5. The predicted octanol–water partition coefficient (Wildman–Crippen LogP) is 1.92. The van der Waals surface area contributed by atoms with Crippen LogP contribution in [0.3, 0.4) is 0 Å².